The van der Waals surface area contributed by atoms with E-state index in [1.54, 1.807) is 32.4 Å². The highest BCUT2D eigenvalue weighted by atomic mass is 16.5. The van der Waals surface area contributed by atoms with Gasteiger partial charge in [-0.3, -0.25) is 9.78 Å². The number of nitrogens with one attached hydrogen (secondary N) is 2. The molecular formula is C15H19N5O5. The quantitative estimate of drug-likeness (QED) is 0.458. The van der Waals surface area contributed by atoms with Crippen LogP contribution in [-0.2, 0) is 0 Å². The van der Waals surface area contributed by atoms with Gasteiger partial charge in [-0.1, -0.05) is 0 Å². The molecule has 2 aromatic rings. The number of aromatic amines is 1. The summed E-state index contributed by atoms with van der Waals surface area (Å²) < 4.78 is 16.0. The van der Waals surface area contributed by atoms with Gasteiger partial charge in [0.15, 0.2) is 5.82 Å². The molecule has 0 bridgehead atoms. The number of benzene rings is 1. The highest BCUT2D eigenvalue weighted by Gasteiger charge is 2.10. The van der Waals surface area contributed by atoms with Gasteiger partial charge in [0, 0.05) is 24.7 Å². The molecule has 0 unspecified atom stereocenters. The summed E-state index contributed by atoms with van der Waals surface area (Å²) in [7, 11) is 3.11. The molecule has 1 heterocycles. The van der Waals surface area contributed by atoms with Crippen molar-refractivity contribution in [1.82, 2.24) is 9.97 Å². The normalized spacial score (nSPS) is 10.2. The van der Waals surface area contributed by atoms with E-state index in [1.807, 2.05) is 0 Å². The second kappa shape index (κ2) is 8.52. The molecule has 0 aliphatic heterocycles. The van der Waals surface area contributed by atoms with E-state index in [1.165, 1.54) is 0 Å². The first kappa shape index (κ1) is 18.0. The Morgan fingerprint density at radius 3 is 2.44 bits per heavy atom. The van der Waals surface area contributed by atoms with Crippen molar-refractivity contribution in [3.8, 4) is 17.2 Å². The summed E-state index contributed by atoms with van der Waals surface area (Å²) in [6, 6.07) is 5.22. The zero-order chi connectivity index (χ0) is 18.2. The van der Waals surface area contributed by atoms with Crippen LogP contribution in [0.25, 0.3) is 0 Å². The molecule has 1 aromatic heterocycles. The van der Waals surface area contributed by atoms with E-state index in [2.05, 4.69) is 20.5 Å². The van der Waals surface area contributed by atoms with Gasteiger partial charge in [-0.15, -0.1) is 4.91 Å². The molecule has 0 spiro atoms. The molecule has 25 heavy (non-hydrogen) atoms. The minimum atomic E-state index is -0.690. The molecule has 0 radical (unpaired) electrons. The van der Waals surface area contributed by atoms with Crippen LogP contribution in [0.1, 0.15) is 6.42 Å². The standard InChI is InChI=1S/C15H19N5O5/c1-23-9-6-10(24-2)8-11(7-9)25-5-3-4-17-13-12(20-22)14(21)19-15(16)18-13/h6-8H,3-5H2,1-2H3,(H4,16,17,18,19,21). The van der Waals surface area contributed by atoms with Crippen LogP contribution in [0.3, 0.4) is 0 Å². The Hall–Kier alpha value is -3.30. The van der Waals surface area contributed by atoms with Crippen LogP contribution in [0.2, 0.25) is 0 Å². The molecule has 0 fully saturated rings. The van der Waals surface area contributed by atoms with Crippen LogP contribution in [0.4, 0.5) is 17.5 Å². The molecule has 0 saturated heterocycles. The number of nitrogens with two attached hydrogens (primary N) is 1. The van der Waals surface area contributed by atoms with Crippen molar-refractivity contribution in [2.45, 2.75) is 6.42 Å². The average Bonchev–Trinajstić information content (AvgIpc) is 2.60. The van der Waals surface area contributed by atoms with Gasteiger partial charge in [0.2, 0.25) is 11.6 Å². The van der Waals surface area contributed by atoms with Gasteiger partial charge in [-0.2, -0.15) is 4.98 Å². The second-order valence-electron chi connectivity index (χ2n) is 4.92. The number of nitrogen functional groups attached to an aromatic ring is 1. The molecule has 0 saturated carbocycles. The monoisotopic (exact) mass is 349 g/mol. The summed E-state index contributed by atoms with van der Waals surface area (Å²) in [5, 5.41) is 5.51. The third-order valence-electron chi connectivity index (χ3n) is 3.21. The molecule has 0 aliphatic rings. The lowest BCUT2D eigenvalue weighted by molar-refractivity contribution is 0.309. The predicted molar refractivity (Wildman–Crippen MR) is 92.9 cm³/mol. The zero-order valence-electron chi connectivity index (χ0n) is 13.9. The minimum absolute atomic E-state index is 0.0410. The van der Waals surface area contributed by atoms with Crippen molar-refractivity contribution in [3.63, 3.8) is 0 Å². The van der Waals surface area contributed by atoms with Crippen LogP contribution in [-0.4, -0.2) is 37.3 Å². The van der Waals surface area contributed by atoms with Crippen LogP contribution in [0.15, 0.2) is 28.2 Å². The van der Waals surface area contributed by atoms with Gasteiger partial charge < -0.3 is 25.3 Å². The van der Waals surface area contributed by atoms with Crippen molar-refractivity contribution in [2.75, 3.05) is 38.4 Å². The van der Waals surface area contributed by atoms with Gasteiger partial charge in [-0.25, -0.2) is 0 Å². The number of hydrogen-bond acceptors (Lipinski definition) is 9. The fraction of sp³-hybridized carbons (Fsp3) is 0.333. The Morgan fingerprint density at radius 2 is 1.84 bits per heavy atom. The highest BCUT2D eigenvalue weighted by molar-refractivity contribution is 5.60. The average molecular weight is 349 g/mol. The van der Waals surface area contributed by atoms with Gasteiger partial charge in [0.25, 0.3) is 5.56 Å². The van der Waals surface area contributed by atoms with Crippen molar-refractivity contribution in [2.24, 2.45) is 5.18 Å². The summed E-state index contributed by atoms with van der Waals surface area (Å²) in [5.74, 6) is 1.79. The van der Waals surface area contributed by atoms with E-state index in [4.69, 9.17) is 19.9 Å². The molecule has 1 aromatic carbocycles. The number of hydrogen-bond donors (Lipinski definition) is 3. The maximum absolute atomic E-state index is 11.5. The SMILES string of the molecule is COc1cc(OC)cc(OCCCNc2nc(N)[nH]c(=O)c2N=O)c1. The maximum atomic E-state index is 11.5. The Morgan fingerprint density at radius 1 is 1.20 bits per heavy atom. The number of nitroso groups, excluding NO2 is 1. The van der Waals surface area contributed by atoms with Crippen molar-refractivity contribution < 1.29 is 14.2 Å². The van der Waals surface area contributed by atoms with Crippen molar-refractivity contribution in [1.29, 1.82) is 0 Å². The number of ether oxygens (including phenoxy) is 3. The topological polar surface area (TPSA) is 141 Å². The number of methoxy groups -OCH3 is 2. The number of anilines is 2. The molecule has 0 atom stereocenters. The molecule has 10 nitrogen and oxygen atoms in total. The second-order valence-corrected chi connectivity index (χ2v) is 4.92. The van der Waals surface area contributed by atoms with E-state index in [9.17, 15) is 9.70 Å². The van der Waals surface area contributed by atoms with E-state index in [-0.39, 0.29) is 17.5 Å². The number of rotatable bonds is 9. The van der Waals surface area contributed by atoms with E-state index < -0.39 is 5.56 Å². The number of nitrogens with zero attached hydrogens (tertiary/aromatic N) is 2. The lowest BCUT2D eigenvalue weighted by Crippen LogP contribution is -2.16. The highest BCUT2D eigenvalue weighted by Crippen LogP contribution is 2.27. The predicted octanol–water partition coefficient (Wildman–Crippen LogP) is 1.65. The summed E-state index contributed by atoms with van der Waals surface area (Å²) >= 11 is 0. The first-order valence-corrected chi connectivity index (χ1v) is 7.40. The molecule has 10 heteroatoms. The Balaban J connectivity index is 1.88. The van der Waals surface area contributed by atoms with Crippen LogP contribution >= 0.6 is 0 Å². The Labute approximate surface area is 143 Å². The van der Waals surface area contributed by atoms with Crippen LogP contribution in [0.5, 0.6) is 17.2 Å². The zero-order valence-corrected chi connectivity index (χ0v) is 13.9. The maximum Gasteiger partial charge on any atom is 0.284 e. The third-order valence-corrected chi connectivity index (χ3v) is 3.21. The third kappa shape index (κ3) is 4.83. The first-order valence-electron chi connectivity index (χ1n) is 7.40. The molecule has 0 aliphatic carbocycles. The Kier molecular flexibility index (Phi) is 6.15. The lowest BCUT2D eigenvalue weighted by Gasteiger charge is -2.11. The van der Waals surface area contributed by atoms with Gasteiger partial charge in [-0.05, 0) is 11.6 Å². The van der Waals surface area contributed by atoms with Crippen LogP contribution in [0, 0.1) is 4.91 Å². The summed E-state index contributed by atoms with van der Waals surface area (Å²) in [4.78, 5) is 28.3. The van der Waals surface area contributed by atoms with Gasteiger partial charge >= 0.3 is 0 Å². The smallest absolute Gasteiger partial charge is 0.284 e. The summed E-state index contributed by atoms with van der Waals surface area (Å²) in [6.07, 6.45) is 0.576. The van der Waals surface area contributed by atoms with E-state index in [0.29, 0.717) is 36.8 Å². The number of H-pyrrole nitrogens is 1. The number of aromatic nitrogens is 2. The largest absolute Gasteiger partial charge is 0.496 e. The lowest BCUT2D eigenvalue weighted by atomic mass is 10.3. The molecule has 2 rings (SSSR count). The van der Waals surface area contributed by atoms with Gasteiger partial charge in [0.05, 0.1) is 20.8 Å². The van der Waals surface area contributed by atoms with Crippen LogP contribution < -0.4 is 30.8 Å². The van der Waals surface area contributed by atoms with E-state index in [0.717, 1.165) is 0 Å². The molecule has 0 amide bonds. The summed E-state index contributed by atoms with van der Waals surface area (Å²) in [6.45, 7) is 0.783. The van der Waals surface area contributed by atoms with E-state index >= 15 is 0 Å². The molecule has 4 N–H and O–H groups in total. The minimum Gasteiger partial charge on any atom is -0.496 e. The first-order chi connectivity index (χ1) is 12.1. The Bertz CT molecular complexity index is 770. The van der Waals surface area contributed by atoms with Crippen molar-refractivity contribution in [3.05, 3.63) is 33.5 Å². The fourth-order valence-electron chi connectivity index (χ4n) is 2.03. The summed E-state index contributed by atoms with van der Waals surface area (Å²) in [5.41, 5.74) is 4.42. The van der Waals surface area contributed by atoms with Gasteiger partial charge in [0.1, 0.15) is 17.2 Å². The fourth-order valence-corrected chi connectivity index (χ4v) is 2.03. The molecular weight excluding hydrogens is 330 g/mol. The molecule has 134 valence electrons. The van der Waals surface area contributed by atoms with Crippen molar-refractivity contribution >= 4 is 17.5 Å².